The van der Waals surface area contributed by atoms with Crippen molar-refractivity contribution in [3.63, 3.8) is 0 Å². The maximum Gasteiger partial charge on any atom is 0.389 e. The zero-order chi connectivity index (χ0) is 13.6. The van der Waals surface area contributed by atoms with Crippen molar-refractivity contribution in [1.82, 2.24) is 14.9 Å². The number of hydrogen-bond donors (Lipinski definition) is 1. The molecule has 1 heterocycles. The predicted molar refractivity (Wildman–Crippen MR) is 64.3 cm³/mol. The molecule has 6 heteroatoms. The van der Waals surface area contributed by atoms with Gasteiger partial charge in [-0.25, -0.2) is 4.98 Å². The quantitative estimate of drug-likeness (QED) is 0.819. The Morgan fingerprint density at radius 3 is 2.67 bits per heavy atom. The Bertz CT molecular complexity index is 347. The first-order valence-electron chi connectivity index (χ1n) is 6.18. The van der Waals surface area contributed by atoms with Crippen molar-refractivity contribution in [3.05, 3.63) is 18.2 Å². The van der Waals surface area contributed by atoms with Gasteiger partial charge < -0.3 is 9.88 Å². The lowest BCUT2D eigenvalue weighted by atomic mass is 10.1. The maximum absolute atomic E-state index is 12.2. The molecule has 0 bridgehead atoms. The number of aryl methyl sites for hydroxylation is 1. The van der Waals surface area contributed by atoms with Crippen molar-refractivity contribution in [1.29, 1.82) is 0 Å². The first-order chi connectivity index (χ1) is 8.42. The molecule has 0 saturated heterocycles. The van der Waals surface area contributed by atoms with E-state index in [-0.39, 0.29) is 12.5 Å². The van der Waals surface area contributed by atoms with Crippen LogP contribution >= 0.6 is 0 Å². The second-order valence-electron chi connectivity index (χ2n) is 4.46. The van der Waals surface area contributed by atoms with Crippen LogP contribution in [-0.2, 0) is 13.5 Å². The van der Waals surface area contributed by atoms with Gasteiger partial charge in [0.2, 0.25) is 0 Å². The molecule has 0 aliphatic carbocycles. The molecule has 1 aromatic rings. The molecular weight excluding hydrogens is 243 g/mol. The zero-order valence-electron chi connectivity index (χ0n) is 10.8. The maximum atomic E-state index is 12.2. The van der Waals surface area contributed by atoms with Gasteiger partial charge in [0.1, 0.15) is 5.82 Å². The van der Waals surface area contributed by atoms with E-state index in [2.05, 4.69) is 10.3 Å². The predicted octanol–water partition coefficient (Wildman–Crippen LogP) is 2.67. The van der Waals surface area contributed by atoms with E-state index >= 15 is 0 Å². The number of halogens is 3. The molecule has 1 aromatic heterocycles. The molecule has 3 nitrogen and oxygen atoms in total. The molecule has 0 fully saturated rings. The Balaban J connectivity index is 2.52. The van der Waals surface area contributed by atoms with Gasteiger partial charge in [0.15, 0.2) is 0 Å². The highest BCUT2D eigenvalue weighted by molar-refractivity contribution is 4.94. The van der Waals surface area contributed by atoms with E-state index in [0.717, 1.165) is 18.8 Å². The average Bonchev–Trinajstić information content (AvgIpc) is 2.67. The minimum Gasteiger partial charge on any atom is -0.338 e. The topological polar surface area (TPSA) is 29.9 Å². The summed E-state index contributed by atoms with van der Waals surface area (Å²) in [6.07, 6.45) is 0.150. The van der Waals surface area contributed by atoms with Gasteiger partial charge in [0.25, 0.3) is 0 Å². The normalized spacial score (nSPS) is 13.8. The second-order valence-corrected chi connectivity index (χ2v) is 4.46. The van der Waals surface area contributed by atoms with Crippen LogP contribution in [0, 0.1) is 0 Å². The minimum atomic E-state index is -4.09. The SMILES string of the molecule is CCCNC(CCC(F)(F)F)Cc1nccn1C. The van der Waals surface area contributed by atoms with Gasteiger partial charge in [-0.05, 0) is 19.4 Å². The molecule has 0 amide bonds. The Labute approximate surface area is 105 Å². The highest BCUT2D eigenvalue weighted by Gasteiger charge is 2.28. The van der Waals surface area contributed by atoms with Gasteiger partial charge in [0.05, 0.1) is 0 Å². The molecule has 1 unspecified atom stereocenters. The Hall–Kier alpha value is -1.04. The highest BCUT2D eigenvalue weighted by Crippen LogP contribution is 2.23. The van der Waals surface area contributed by atoms with Crippen LogP contribution < -0.4 is 5.32 Å². The summed E-state index contributed by atoms with van der Waals surface area (Å²) < 4.78 is 38.6. The third-order valence-corrected chi connectivity index (χ3v) is 2.81. The summed E-state index contributed by atoms with van der Waals surface area (Å²) in [5, 5.41) is 3.15. The number of rotatable bonds is 7. The summed E-state index contributed by atoms with van der Waals surface area (Å²) in [4.78, 5) is 4.15. The Kier molecular flexibility index (Phi) is 5.65. The molecule has 1 N–H and O–H groups in total. The molecule has 0 spiro atoms. The van der Waals surface area contributed by atoms with Crippen LogP contribution in [0.5, 0.6) is 0 Å². The molecule has 1 rings (SSSR count). The van der Waals surface area contributed by atoms with Crippen LogP contribution in [-0.4, -0.2) is 28.3 Å². The molecule has 0 saturated carbocycles. The lowest BCUT2D eigenvalue weighted by Crippen LogP contribution is -2.33. The molecular formula is C12H20F3N3. The minimum absolute atomic E-state index is 0.0936. The van der Waals surface area contributed by atoms with Crippen LogP contribution in [0.4, 0.5) is 13.2 Å². The summed E-state index contributed by atoms with van der Waals surface area (Å²) in [6, 6.07) is -0.173. The lowest BCUT2D eigenvalue weighted by Gasteiger charge is -2.19. The monoisotopic (exact) mass is 263 g/mol. The Morgan fingerprint density at radius 2 is 2.17 bits per heavy atom. The Morgan fingerprint density at radius 1 is 1.44 bits per heavy atom. The smallest absolute Gasteiger partial charge is 0.338 e. The van der Waals surface area contributed by atoms with Crippen LogP contribution in [0.15, 0.2) is 12.4 Å². The zero-order valence-corrected chi connectivity index (χ0v) is 10.8. The number of imidazole rings is 1. The molecule has 0 radical (unpaired) electrons. The molecule has 104 valence electrons. The first-order valence-corrected chi connectivity index (χ1v) is 6.18. The van der Waals surface area contributed by atoms with Crippen molar-refractivity contribution in [3.8, 4) is 0 Å². The van der Waals surface area contributed by atoms with Crippen molar-refractivity contribution in [2.45, 2.75) is 44.8 Å². The van der Waals surface area contributed by atoms with Gasteiger partial charge >= 0.3 is 6.18 Å². The van der Waals surface area contributed by atoms with Crippen molar-refractivity contribution >= 4 is 0 Å². The van der Waals surface area contributed by atoms with Crippen molar-refractivity contribution in [2.75, 3.05) is 6.54 Å². The highest BCUT2D eigenvalue weighted by atomic mass is 19.4. The van der Waals surface area contributed by atoms with Crippen LogP contribution in [0.2, 0.25) is 0 Å². The third kappa shape index (κ3) is 5.53. The van der Waals surface area contributed by atoms with E-state index in [9.17, 15) is 13.2 Å². The van der Waals surface area contributed by atoms with E-state index in [1.165, 1.54) is 0 Å². The number of alkyl halides is 3. The van der Waals surface area contributed by atoms with E-state index in [4.69, 9.17) is 0 Å². The number of hydrogen-bond acceptors (Lipinski definition) is 2. The van der Waals surface area contributed by atoms with E-state index in [1.807, 2.05) is 18.5 Å². The fourth-order valence-corrected chi connectivity index (χ4v) is 1.78. The fourth-order valence-electron chi connectivity index (χ4n) is 1.78. The van der Waals surface area contributed by atoms with E-state index in [1.54, 1.807) is 12.4 Å². The van der Waals surface area contributed by atoms with E-state index in [0.29, 0.717) is 6.42 Å². The van der Waals surface area contributed by atoms with Gasteiger partial charge in [-0.1, -0.05) is 6.92 Å². The lowest BCUT2D eigenvalue weighted by molar-refractivity contribution is -0.136. The molecule has 0 aliphatic rings. The summed E-state index contributed by atoms with van der Waals surface area (Å²) in [6.45, 7) is 2.72. The second kappa shape index (κ2) is 6.78. The molecule has 1 atom stereocenters. The fraction of sp³-hybridized carbons (Fsp3) is 0.750. The summed E-state index contributed by atoms with van der Waals surface area (Å²) in [5.41, 5.74) is 0. The summed E-state index contributed by atoms with van der Waals surface area (Å²) in [7, 11) is 1.85. The van der Waals surface area contributed by atoms with Gasteiger partial charge in [-0.2, -0.15) is 13.2 Å². The van der Waals surface area contributed by atoms with Crippen LogP contribution in [0.1, 0.15) is 32.0 Å². The van der Waals surface area contributed by atoms with Crippen LogP contribution in [0.25, 0.3) is 0 Å². The van der Waals surface area contributed by atoms with Crippen LogP contribution in [0.3, 0.4) is 0 Å². The number of nitrogens with one attached hydrogen (secondary N) is 1. The van der Waals surface area contributed by atoms with Gasteiger partial charge in [0, 0.05) is 38.3 Å². The first kappa shape index (κ1) is 15.0. The molecule has 18 heavy (non-hydrogen) atoms. The van der Waals surface area contributed by atoms with Crippen molar-refractivity contribution < 1.29 is 13.2 Å². The molecule has 0 aliphatic heterocycles. The van der Waals surface area contributed by atoms with Gasteiger partial charge in [-0.15, -0.1) is 0 Å². The number of nitrogens with zero attached hydrogens (tertiary/aromatic N) is 2. The standard InChI is InChI=1S/C12H20F3N3/c1-3-6-16-10(4-5-12(13,14)15)9-11-17-7-8-18(11)2/h7-8,10,16H,3-6,9H2,1-2H3. The van der Waals surface area contributed by atoms with E-state index < -0.39 is 12.6 Å². The number of aromatic nitrogens is 2. The largest absolute Gasteiger partial charge is 0.389 e. The third-order valence-electron chi connectivity index (χ3n) is 2.81. The van der Waals surface area contributed by atoms with Crippen molar-refractivity contribution in [2.24, 2.45) is 7.05 Å². The summed E-state index contributed by atoms with van der Waals surface area (Å²) >= 11 is 0. The average molecular weight is 263 g/mol. The molecule has 0 aromatic carbocycles. The van der Waals surface area contributed by atoms with Gasteiger partial charge in [-0.3, -0.25) is 0 Å². The summed E-state index contributed by atoms with van der Waals surface area (Å²) in [5.74, 6) is 0.811.